The number of carbonyl (C=O) groups is 1. The van der Waals surface area contributed by atoms with E-state index in [4.69, 9.17) is 4.74 Å². The Morgan fingerprint density at radius 3 is 2.70 bits per heavy atom. The molecule has 0 spiro atoms. The number of nitrogens with zero attached hydrogens (tertiary/aromatic N) is 2. The lowest BCUT2D eigenvalue weighted by atomic mass is 10.1. The molecule has 1 aliphatic rings. The molecule has 6 heteroatoms. The van der Waals surface area contributed by atoms with Crippen molar-refractivity contribution in [1.29, 1.82) is 0 Å². The molecule has 1 aliphatic heterocycles. The van der Waals surface area contributed by atoms with Gasteiger partial charge in [0.2, 0.25) is 5.91 Å². The van der Waals surface area contributed by atoms with Crippen LogP contribution in [0.25, 0.3) is 0 Å². The van der Waals surface area contributed by atoms with Gasteiger partial charge in [-0.2, -0.15) is 0 Å². The van der Waals surface area contributed by atoms with Gasteiger partial charge in [0.05, 0.1) is 19.1 Å². The first-order valence-electron chi connectivity index (χ1n) is 9.38. The smallest absolute Gasteiger partial charge is 0.227 e. The van der Waals surface area contributed by atoms with E-state index in [-0.39, 0.29) is 24.2 Å². The summed E-state index contributed by atoms with van der Waals surface area (Å²) in [6.45, 7) is 7.54. The summed E-state index contributed by atoms with van der Waals surface area (Å²) >= 11 is 0. The van der Waals surface area contributed by atoms with Gasteiger partial charge in [-0.05, 0) is 50.2 Å². The number of aryl methyl sites for hydroxylation is 2. The largest absolute Gasteiger partial charge is 0.374 e. The fourth-order valence-electron chi connectivity index (χ4n) is 3.52. The molecule has 1 N–H and O–H groups in total. The second-order valence-electron chi connectivity index (χ2n) is 7.44. The number of rotatable bonds is 6. The summed E-state index contributed by atoms with van der Waals surface area (Å²) in [4.78, 5) is 20.4. The van der Waals surface area contributed by atoms with Gasteiger partial charge >= 0.3 is 0 Å². The molecule has 1 aromatic heterocycles. The number of likely N-dealkylation sites (N-methyl/N-ethyl adjacent to an activating group) is 1. The Kier molecular flexibility index (Phi) is 6.29. The Labute approximate surface area is 160 Å². The number of hydrogen-bond donors (Lipinski definition) is 1. The van der Waals surface area contributed by atoms with Crippen LogP contribution < -0.4 is 0 Å². The van der Waals surface area contributed by atoms with Gasteiger partial charge in [0, 0.05) is 37.6 Å². The third-order valence-electron chi connectivity index (χ3n) is 5.01. The lowest BCUT2D eigenvalue weighted by Gasteiger charge is -2.34. The first kappa shape index (κ1) is 19.6. The molecule has 0 unspecified atom stereocenters. The quantitative estimate of drug-likeness (QED) is 0.847. The number of hydrogen-bond acceptors (Lipinski definition) is 3. The van der Waals surface area contributed by atoms with Crippen LogP contribution in [0.2, 0.25) is 0 Å². The lowest BCUT2D eigenvalue weighted by molar-refractivity contribution is -0.134. The van der Waals surface area contributed by atoms with Crippen molar-refractivity contribution in [2.75, 3.05) is 33.3 Å². The van der Waals surface area contributed by atoms with Gasteiger partial charge in [0.1, 0.15) is 5.82 Å². The summed E-state index contributed by atoms with van der Waals surface area (Å²) < 4.78 is 19.0. The van der Waals surface area contributed by atoms with Gasteiger partial charge in [0.25, 0.3) is 0 Å². The Morgan fingerprint density at radius 2 is 2.07 bits per heavy atom. The number of H-pyrrole nitrogens is 1. The van der Waals surface area contributed by atoms with E-state index in [1.807, 2.05) is 18.7 Å². The number of aromatic nitrogens is 1. The predicted octanol–water partition coefficient (Wildman–Crippen LogP) is 2.67. The fraction of sp³-hybridized carbons (Fsp3) is 0.476. The predicted molar refractivity (Wildman–Crippen MR) is 103 cm³/mol. The molecule has 27 heavy (non-hydrogen) atoms. The molecule has 0 saturated carbocycles. The van der Waals surface area contributed by atoms with Crippen LogP contribution in [0.1, 0.15) is 22.5 Å². The molecule has 0 bridgehead atoms. The van der Waals surface area contributed by atoms with Gasteiger partial charge in [-0.1, -0.05) is 12.1 Å². The van der Waals surface area contributed by atoms with Gasteiger partial charge in [-0.15, -0.1) is 0 Å². The average Bonchev–Trinajstić information content (AvgIpc) is 2.93. The van der Waals surface area contributed by atoms with Crippen molar-refractivity contribution in [3.05, 3.63) is 58.7 Å². The van der Waals surface area contributed by atoms with Crippen LogP contribution in [0.5, 0.6) is 0 Å². The monoisotopic (exact) mass is 373 g/mol. The number of aromatic amines is 1. The molecule has 3 rings (SSSR count). The van der Waals surface area contributed by atoms with E-state index in [0.29, 0.717) is 19.7 Å². The lowest BCUT2D eigenvalue weighted by Crippen LogP contribution is -2.47. The molecule has 2 aromatic rings. The van der Waals surface area contributed by atoms with Crippen LogP contribution in [0.4, 0.5) is 4.39 Å². The molecular weight excluding hydrogens is 345 g/mol. The zero-order chi connectivity index (χ0) is 19.4. The van der Waals surface area contributed by atoms with Crippen molar-refractivity contribution in [3.63, 3.8) is 0 Å². The molecule has 1 aromatic carbocycles. The maximum absolute atomic E-state index is 13.1. The van der Waals surface area contributed by atoms with Crippen LogP contribution in [-0.2, 0) is 22.5 Å². The highest BCUT2D eigenvalue weighted by Crippen LogP contribution is 2.16. The molecule has 5 nitrogen and oxygen atoms in total. The number of halogens is 1. The molecule has 1 atom stereocenters. The van der Waals surface area contributed by atoms with Crippen LogP contribution in [0, 0.1) is 19.7 Å². The first-order valence-corrected chi connectivity index (χ1v) is 9.38. The van der Waals surface area contributed by atoms with Crippen molar-refractivity contribution in [3.8, 4) is 0 Å². The van der Waals surface area contributed by atoms with Gasteiger partial charge in [-0.25, -0.2) is 4.39 Å². The molecular formula is C21H28FN3O2. The molecule has 1 fully saturated rings. The average molecular weight is 373 g/mol. The van der Waals surface area contributed by atoms with E-state index in [2.05, 4.69) is 23.0 Å². The minimum atomic E-state index is -0.292. The number of morpholine rings is 1. The van der Waals surface area contributed by atoms with Crippen molar-refractivity contribution < 1.29 is 13.9 Å². The second-order valence-corrected chi connectivity index (χ2v) is 7.44. The maximum Gasteiger partial charge on any atom is 0.227 e. The highest BCUT2D eigenvalue weighted by Gasteiger charge is 2.24. The zero-order valence-corrected chi connectivity index (χ0v) is 16.3. The molecule has 1 saturated heterocycles. The fourth-order valence-corrected chi connectivity index (χ4v) is 3.52. The summed E-state index contributed by atoms with van der Waals surface area (Å²) in [6.07, 6.45) is 0.256. The summed E-state index contributed by atoms with van der Waals surface area (Å²) in [5, 5.41) is 0. The van der Waals surface area contributed by atoms with Gasteiger partial charge in [0.15, 0.2) is 0 Å². The third-order valence-corrected chi connectivity index (χ3v) is 5.01. The highest BCUT2D eigenvalue weighted by atomic mass is 19.1. The standard InChI is InChI=1S/C21H28FN3O2/c1-15-10-18(16(2)23-15)12-25(14-20-13-24(3)8-9-27-20)21(26)11-17-4-6-19(22)7-5-17/h4-7,10,20,23H,8-9,11-14H2,1-3H3/t20-/m0/s1. The van der Waals surface area contributed by atoms with E-state index in [9.17, 15) is 9.18 Å². The number of ether oxygens (including phenoxy) is 1. The maximum atomic E-state index is 13.1. The number of amides is 1. The van der Waals surface area contributed by atoms with Crippen LogP contribution >= 0.6 is 0 Å². The van der Waals surface area contributed by atoms with E-state index in [1.54, 1.807) is 12.1 Å². The Balaban J connectivity index is 1.74. The number of nitrogens with one attached hydrogen (secondary N) is 1. The van der Waals surface area contributed by atoms with Crippen molar-refractivity contribution in [1.82, 2.24) is 14.8 Å². The number of benzene rings is 1. The summed E-state index contributed by atoms with van der Waals surface area (Å²) in [5.74, 6) is -0.267. The van der Waals surface area contributed by atoms with Crippen LogP contribution in [0.3, 0.4) is 0 Å². The topological polar surface area (TPSA) is 48.6 Å². The van der Waals surface area contributed by atoms with Crippen LogP contribution in [0.15, 0.2) is 30.3 Å². The Hall–Kier alpha value is -2.18. The zero-order valence-electron chi connectivity index (χ0n) is 16.3. The summed E-state index contributed by atoms with van der Waals surface area (Å²) in [6, 6.07) is 8.21. The molecule has 1 amide bonds. The van der Waals surface area contributed by atoms with E-state index in [0.717, 1.165) is 35.6 Å². The van der Waals surface area contributed by atoms with Crippen molar-refractivity contribution in [2.24, 2.45) is 0 Å². The molecule has 0 aliphatic carbocycles. The molecule has 2 heterocycles. The van der Waals surface area contributed by atoms with Gasteiger partial charge in [-0.3, -0.25) is 4.79 Å². The first-order chi connectivity index (χ1) is 12.9. The van der Waals surface area contributed by atoms with Crippen molar-refractivity contribution >= 4 is 5.91 Å². The van der Waals surface area contributed by atoms with Crippen LogP contribution in [-0.4, -0.2) is 60.1 Å². The SMILES string of the molecule is Cc1cc(CN(C[C@@H]2CN(C)CCO2)C(=O)Cc2ccc(F)cc2)c(C)[nH]1. The summed E-state index contributed by atoms with van der Waals surface area (Å²) in [7, 11) is 2.07. The Bertz CT molecular complexity index is 772. The molecule has 146 valence electrons. The van der Waals surface area contributed by atoms with E-state index >= 15 is 0 Å². The Morgan fingerprint density at radius 1 is 1.33 bits per heavy atom. The minimum Gasteiger partial charge on any atom is -0.374 e. The van der Waals surface area contributed by atoms with Gasteiger partial charge < -0.3 is 19.5 Å². The second kappa shape index (κ2) is 8.67. The van der Waals surface area contributed by atoms with E-state index < -0.39 is 0 Å². The number of carbonyl (C=O) groups excluding carboxylic acids is 1. The minimum absolute atomic E-state index is 0.00117. The van der Waals surface area contributed by atoms with E-state index in [1.165, 1.54) is 12.1 Å². The summed E-state index contributed by atoms with van der Waals surface area (Å²) in [5.41, 5.74) is 4.09. The van der Waals surface area contributed by atoms with Crippen molar-refractivity contribution in [2.45, 2.75) is 32.9 Å². The molecule has 0 radical (unpaired) electrons. The normalized spacial score (nSPS) is 17.9. The third kappa shape index (κ3) is 5.40. The highest BCUT2D eigenvalue weighted by molar-refractivity contribution is 5.78.